The number of sulfonamides is 1. The monoisotopic (exact) mass is 445 g/mol. The van der Waals surface area contributed by atoms with E-state index in [1.54, 1.807) is 32.4 Å². The molecule has 31 heavy (non-hydrogen) atoms. The Morgan fingerprint density at radius 3 is 2.71 bits per heavy atom. The van der Waals surface area contributed by atoms with Crippen molar-refractivity contribution in [3.8, 4) is 0 Å². The summed E-state index contributed by atoms with van der Waals surface area (Å²) in [5.74, 6) is -0.180. The second-order valence-corrected chi connectivity index (χ2v) is 10.3. The van der Waals surface area contributed by atoms with Crippen molar-refractivity contribution in [3.05, 3.63) is 46.8 Å². The molecular formula is C21H27N5O4S. The number of rotatable bonds is 4. The lowest BCUT2D eigenvalue weighted by Gasteiger charge is -2.33. The predicted molar refractivity (Wildman–Crippen MR) is 117 cm³/mol. The van der Waals surface area contributed by atoms with Crippen LogP contribution in [0, 0.1) is 0 Å². The van der Waals surface area contributed by atoms with E-state index in [1.807, 2.05) is 11.0 Å². The molecule has 0 unspecified atom stereocenters. The van der Waals surface area contributed by atoms with Crippen LogP contribution in [0.5, 0.6) is 0 Å². The highest BCUT2D eigenvalue weighted by atomic mass is 32.2. The smallest absolute Gasteiger partial charge is 0.256 e. The van der Waals surface area contributed by atoms with Gasteiger partial charge in [0.15, 0.2) is 0 Å². The Morgan fingerprint density at radius 2 is 2.00 bits per heavy atom. The van der Waals surface area contributed by atoms with Crippen molar-refractivity contribution in [3.63, 3.8) is 0 Å². The largest absolute Gasteiger partial charge is 0.345 e. The fraction of sp³-hybridized carbons (Fsp3) is 0.476. The maximum Gasteiger partial charge on any atom is 0.256 e. The van der Waals surface area contributed by atoms with Crippen LogP contribution < -0.4 is 4.31 Å². The number of hydrogen-bond donors (Lipinski definition) is 1. The number of carbonyl (C=O) groups is 2. The summed E-state index contributed by atoms with van der Waals surface area (Å²) in [4.78, 5) is 29.0. The number of aromatic amines is 1. The quantitative estimate of drug-likeness (QED) is 0.767. The average Bonchev–Trinajstić information content (AvgIpc) is 3.39. The molecule has 1 fully saturated rings. The van der Waals surface area contributed by atoms with E-state index in [4.69, 9.17) is 0 Å². The zero-order valence-electron chi connectivity index (χ0n) is 18.0. The van der Waals surface area contributed by atoms with Crippen molar-refractivity contribution < 1.29 is 18.0 Å². The molecule has 0 radical (unpaired) electrons. The van der Waals surface area contributed by atoms with Crippen LogP contribution in [0.1, 0.15) is 50.7 Å². The van der Waals surface area contributed by atoms with Crippen molar-refractivity contribution in [1.29, 1.82) is 0 Å². The molecule has 2 aliphatic rings. The summed E-state index contributed by atoms with van der Waals surface area (Å²) in [6, 6.07) is 5.23. The predicted octanol–water partition coefficient (Wildman–Crippen LogP) is 1.45. The minimum Gasteiger partial charge on any atom is -0.345 e. The second kappa shape index (κ2) is 7.99. The van der Waals surface area contributed by atoms with Gasteiger partial charge in [0.1, 0.15) is 0 Å². The number of fused-ring (bicyclic) bond motifs is 1. The number of nitrogens with zero attached hydrogens (tertiary/aromatic N) is 4. The fourth-order valence-corrected chi connectivity index (χ4v) is 5.41. The lowest BCUT2D eigenvalue weighted by molar-refractivity contribution is 0.0705. The number of benzene rings is 1. The van der Waals surface area contributed by atoms with Crippen LogP contribution in [-0.4, -0.2) is 80.2 Å². The molecule has 4 rings (SSSR count). The Bertz CT molecular complexity index is 1120. The first-order valence-electron chi connectivity index (χ1n) is 10.3. The highest BCUT2D eigenvalue weighted by Crippen LogP contribution is 2.32. The zero-order valence-corrected chi connectivity index (χ0v) is 18.8. The van der Waals surface area contributed by atoms with E-state index >= 15 is 0 Å². The summed E-state index contributed by atoms with van der Waals surface area (Å²) < 4.78 is 25.3. The number of nitrogens with one attached hydrogen (secondary N) is 1. The van der Waals surface area contributed by atoms with Crippen LogP contribution in [0.25, 0.3) is 0 Å². The highest BCUT2D eigenvalue weighted by molar-refractivity contribution is 7.92. The molecule has 0 saturated carbocycles. The van der Waals surface area contributed by atoms with E-state index in [2.05, 4.69) is 10.2 Å². The van der Waals surface area contributed by atoms with Crippen LogP contribution in [0.3, 0.4) is 0 Å². The van der Waals surface area contributed by atoms with Crippen molar-refractivity contribution in [1.82, 2.24) is 20.0 Å². The zero-order chi connectivity index (χ0) is 22.3. The first-order valence-corrected chi connectivity index (χ1v) is 12.2. The third kappa shape index (κ3) is 4.04. The van der Waals surface area contributed by atoms with Gasteiger partial charge in [-0.25, -0.2) is 8.42 Å². The van der Waals surface area contributed by atoms with Gasteiger partial charge in [0.05, 0.1) is 29.4 Å². The minimum atomic E-state index is -3.32. The Hall–Kier alpha value is -2.88. The molecular weight excluding hydrogens is 418 g/mol. The third-order valence-corrected chi connectivity index (χ3v) is 7.18. The normalized spacial score (nSPS) is 18.7. The average molecular weight is 446 g/mol. The molecule has 166 valence electrons. The molecule has 2 amide bonds. The molecule has 1 atom stereocenters. The first kappa shape index (κ1) is 21.4. The summed E-state index contributed by atoms with van der Waals surface area (Å²) in [6.07, 6.45) is 5.04. The van der Waals surface area contributed by atoms with E-state index in [0.29, 0.717) is 42.9 Å². The number of H-pyrrole nitrogens is 1. The second-order valence-electron chi connectivity index (χ2n) is 8.42. The van der Waals surface area contributed by atoms with Crippen LogP contribution >= 0.6 is 0 Å². The topological polar surface area (TPSA) is 107 Å². The lowest BCUT2D eigenvalue weighted by atomic mass is 9.91. The van der Waals surface area contributed by atoms with Gasteiger partial charge in [-0.05, 0) is 43.0 Å². The van der Waals surface area contributed by atoms with E-state index in [-0.39, 0.29) is 17.7 Å². The maximum atomic E-state index is 13.2. The fourth-order valence-electron chi connectivity index (χ4n) is 4.45. The van der Waals surface area contributed by atoms with Gasteiger partial charge < -0.3 is 9.80 Å². The van der Waals surface area contributed by atoms with E-state index in [0.717, 1.165) is 24.1 Å². The van der Waals surface area contributed by atoms with Gasteiger partial charge in [-0.1, -0.05) is 0 Å². The molecule has 1 aromatic heterocycles. The Labute approximate surface area is 182 Å². The van der Waals surface area contributed by atoms with Gasteiger partial charge in [-0.2, -0.15) is 5.10 Å². The molecule has 0 aliphatic carbocycles. The van der Waals surface area contributed by atoms with E-state index in [1.165, 1.54) is 15.5 Å². The van der Waals surface area contributed by atoms with Gasteiger partial charge in [-0.15, -0.1) is 0 Å². The molecule has 2 aliphatic heterocycles. The van der Waals surface area contributed by atoms with Gasteiger partial charge in [0, 0.05) is 45.2 Å². The Balaban J connectivity index is 1.53. The summed E-state index contributed by atoms with van der Waals surface area (Å²) in [5, 5.41) is 7.03. The molecule has 1 saturated heterocycles. The van der Waals surface area contributed by atoms with Crippen LogP contribution in [-0.2, 0) is 16.4 Å². The molecule has 9 nitrogen and oxygen atoms in total. The van der Waals surface area contributed by atoms with Crippen molar-refractivity contribution in [2.75, 3.05) is 44.3 Å². The number of hydrogen-bond acceptors (Lipinski definition) is 5. The van der Waals surface area contributed by atoms with E-state index < -0.39 is 10.0 Å². The Morgan fingerprint density at radius 1 is 1.23 bits per heavy atom. The standard InChI is InChI=1S/C21H27N5O4S/c1-24(2)21(28)17-12-22-23-19(17)16-5-4-9-25(13-16)20(27)15-6-7-18-14(11-15)8-10-26(18)31(3,29)30/h6-7,11-12,16H,4-5,8-10,13H2,1-3H3,(H,22,23)/t16-/m1/s1. The minimum absolute atomic E-state index is 0.00857. The first-order chi connectivity index (χ1) is 14.7. The number of anilines is 1. The van der Waals surface area contributed by atoms with E-state index in [9.17, 15) is 18.0 Å². The Kier molecular flexibility index (Phi) is 5.50. The molecule has 1 N–H and O–H groups in total. The van der Waals surface area contributed by atoms with Gasteiger partial charge >= 0.3 is 0 Å². The molecule has 2 aromatic rings. The SMILES string of the molecule is CN(C)C(=O)c1cn[nH]c1[C@@H]1CCCN(C(=O)c2ccc3c(c2)CCN3S(C)(=O)=O)C1. The van der Waals surface area contributed by atoms with Crippen molar-refractivity contribution in [2.24, 2.45) is 0 Å². The third-order valence-electron chi connectivity index (χ3n) is 6.00. The molecule has 1 aromatic carbocycles. The number of carbonyl (C=O) groups excluding carboxylic acids is 2. The van der Waals surface area contributed by atoms with Gasteiger partial charge in [0.25, 0.3) is 11.8 Å². The van der Waals surface area contributed by atoms with Crippen LogP contribution in [0.4, 0.5) is 5.69 Å². The number of likely N-dealkylation sites (tertiary alicyclic amines) is 1. The van der Waals surface area contributed by atoms with Gasteiger partial charge in [0.2, 0.25) is 10.0 Å². The van der Waals surface area contributed by atoms with Crippen molar-refractivity contribution >= 4 is 27.5 Å². The molecule has 10 heteroatoms. The summed E-state index contributed by atoms with van der Waals surface area (Å²) in [7, 11) is 0.0843. The molecule has 0 spiro atoms. The number of piperidine rings is 1. The molecule has 3 heterocycles. The number of aromatic nitrogens is 2. The summed E-state index contributed by atoms with van der Waals surface area (Å²) in [5.41, 5.74) is 3.40. The van der Waals surface area contributed by atoms with Gasteiger partial charge in [-0.3, -0.25) is 19.0 Å². The number of amides is 2. The van der Waals surface area contributed by atoms with Crippen LogP contribution in [0.2, 0.25) is 0 Å². The lowest BCUT2D eigenvalue weighted by Crippen LogP contribution is -2.39. The van der Waals surface area contributed by atoms with Crippen LogP contribution in [0.15, 0.2) is 24.4 Å². The van der Waals surface area contributed by atoms with Crippen molar-refractivity contribution in [2.45, 2.75) is 25.2 Å². The highest BCUT2D eigenvalue weighted by Gasteiger charge is 2.31. The summed E-state index contributed by atoms with van der Waals surface area (Å²) in [6.45, 7) is 1.55. The molecule has 0 bridgehead atoms. The summed E-state index contributed by atoms with van der Waals surface area (Å²) >= 11 is 0. The maximum absolute atomic E-state index is 13.2.